The van der Waals surface area contributed by atoms with Crippen LogP contribution in [0, 0.1) is 12.3 Å². The van der Waals surface area contributed by atoms with Crippen LogP contribution >= 0.6 is 11.3 Å². The molecule has 0 saturated carbocycles. The van der Waals surface area contributed by atoms with Gasteiger partial charge in [0.15, 0.2) is 5.13 Å². The first-order valence-corrected chi connectivity index (χ1v) is 7.94. The van der Waals surface area contributed by atoms with Gasteiger partial charge in [0.25, 0.3) is 5.91 Å². The van der Waals surface area contributed by atoms with Crippen LogP contribution in [0.5, 0.6) is 0 Å². The lowest BCUT2D eigenvalue weighted by atomic mass is 10.2. The van der Waals surface area contributed by atoms with Crippen LogP contribution in [0.1, 0.15) is 17.4 Å². The number of nitrogens with one attached hydrogen (secondary N) is 2. The number of aromatic nitrogens is 1. The molecular formula is C18H17N3OS. The highest BCUT2D eigenvalue weighted by atomic mass is 32.1. The van der Waals surface area contributed by atoms with Gasteiger partial charge in [-0.15, -0.1) is 17.8 Å². The molecule has 0 aliphatic carbocycles. The van der Waals surface area contributed by atoms with Crippen molar-refractivity contribution in [3.63, 3.8) is 0 Å². The Morgan fingerprint density at radius 1 is 1.39 bits per heavy atom. The van der Waals surface area contributed by atoms with Crippen LogP contribution in [-0.2, 0) is 0 Å². The summed E-state index contributed by atoms with van der Waals surface area (Å²) in [6.45, 7) is 2.31. The molecule has 1 aromatic heterocycles. The van der Waals surface area contributed by atoms with Gasteiger partial charge in [-0.3, -0.25) is 4.79 Å². The van der Waals surface area contributed by atoms with Gasteiger partial charge < -0.3 is 10.6 Å². The zero-order valence-corrected chi connectivity index (χ0v) is 13.6. The third-order valence-corrected chi connectivity index (χ3v) is 3.74. The number of carbonyl (C=O) groups is 1. The monoisotopic (exact) mass is 323 g/mol. The molecule has 116 valence electrons. The number of carbonyl (C=O) groups excluding carboxylic acids is 1. The molecule has 0 aliphatic heterocycles. The largest absolute Gasteiger partial charge is 0.347 e. The maximum Gasteiger partial charge on any atom is 0.271 e. The van der Waals surface area contributed by atoms with Crippen LogP contribution in [0.3, 0.4) is 0 Å². The summed E-state index contributed by atoms with van der Waals surface area (Å²) in [6, 6.07) is 9.70. The smallest absolute Gasteiger partial charge is 0.271 e. The molecule has 0 saturated heterocycles. The second-order valence-corrected chi connectivity index (χ2v) is 5.43. The summed E-state index contributed by atoms with van der Waals surface area (Å²) in [5.74, 6) is 2.21. The highest BCUT2D eigenvalue weighted by molar-refractivity contribution is 7.14. The second kappa shape index (κ2) is 8.57. The summed E-state index contributed by atoms with van der Waals surface area (Å²) in [5.41, 5.74) is 2.27. The average Bonchev–Trinajstić information content (AvgIpc) is 3.04. The molecule has 5 heteroatoms. The van der Waals surface area contributed by atoms with Crippen molar-refractivity contribution < 1.29 is 4.79 Å². The minimum absolute atomic E-state index is 0.212. The van der Waals surface area contributed by atoms with Crippen molar-refractivity contribution in [3.8, 4) is 12.3 Å². The third kappa shape index (κ3) is 5.13. The minimum Gasteiger partial charge on any atom is -0.347 e. The van der Waals surface area contributed by atoms with Crippen molar-refractivity contribution in [2.45, 2.75) is 6.92 Å². The number of terminal acetylenes is 1. The van der Waals surface area contributed by atoms with Crippen LogP contribution in [0.25, 0.3) is 0 Å². The molecule has 4 nitrogen and oxygen atoms in total. The van der Waals surface area contributed by atoms with Crippen LogP contribution in [0.2, 0.25) is 0 Å². The van der Waals surface area contributed by atoms with E-state index in [2.05, 4.69) is 21.5 Å². The van der Waals surface area contributed by atoms with Crippen LogP contribution in [0.15, 0.2) is 59.5 Å². The zero-order valence-electron chi connectivity index (χ0n) is 12.7. The van der Waals surface area contributed by atoms with E-state index in [0.29, 0.717) is 17.4 Å². The fourth-order valence-electron chi connectivity index (χ4n) is 1.77. The molecular weight excluding hydrogens is 306 g/mol. The molecule has 0 fully saturated rings. The quantitative estimate of drug-likeness (QED) is 0.629. The first-order chi connectivity index (χ1) is 11.2. The third-order valence-electron chi connectivity index (χ3n) is 2.98. The number of thiazole rings is 1. The van der Waals surface area contributed by atoms with E-state index in [-0.39, 0.29) is 5.91 Å². The lowest BCUT2D eigenvalue weighted by Gasteiger charge is -2.04. The molecule has 1 aromatic carbocycles. The van der Waals surface area contributed by atoms with Crippen molar-refractivity contribution in [1.29, 1.82) is 0 Å². The van der Waals surface area contributed by atoms with Gasteiger partial charge in [0, 0.05) is 17.6 Å². The predicted molar refractivity (Wildman–Crippen MR) is 95.9 cm³/mol. The first-order valence-electron chi connectivity index (χ1n) is 7.06. The van der Waals surface area contributed by atoms with Crippen LogP contribution < -0.4 is 10.6 Å². The van der Waals surface area contributed by atoms with Crippen molar-refractivity contribution in [1.82, 2.24) is 10.3 Å². The van der Waals surface area contributed by atoms with Crippen LogP contribution in [0.4, 0.5) is 10.8 Å². The summed E-state index contributed by atoms with van der Waals surface area (Å²) in [4.78, 5) is 16.4. The van der Waals surface area contributed by atoms with E-state index in [1.54, 1.807) is 17.5 Å². The summed E-state index contributed by atoms with van der Waals surface area (Å²) >= 11 is 1.39. The summed E-state index contributed by atoms with van der Waals surface area (Å²) in [7, 11) is 0. The van der Waals surface area contributed by atoms with E-state index in [9.17, 15) is 4.79 Å². The Labute approximate surface area is 140 Å². The molecule has 23 heavy (non-hydrogen) atoms. The molecule has 0 bridgehead atoms. The molecule has 1 amide bonds. The Bertz CT molecular complexity index is 754. The molecule has 0 radical (unpaired) electrons. The van der Waals surface area contributed by atoms with Gasteiger partial charge >= 0.3 is 0 Å². The summed E-state index contributed by atoms with van der Waals surface area (Å²) < 4.78 is 0. The van der Waals surface area contributed by atoms with Crippen molar-refractivity contribution >= 4 is 28.1 Å². The number of nitrogens with zero attached hydrogens (tertiary/aromatic N) is 1. The lowest BCUT2D eigenvalue weighted by Crippen LogP contribution is -2.25. The Morgan fingerprint density at radius 3 is 2.87 bits per heavy atom. The highest BCUT2D eigenvalue weighted by Crippen LogP contribution is 2.20. The number of amides is 1. The van der Waals surface area contributed by atoms with Gasteiger partial charge in [0.2, 0.25) is 0 Å². The number of hydrogen-bond donors (Lipinski definition) is 2. The Kier molecular flexibility index (Phi) is 6.16. The molecule has 2 N–H and O–H groups in total. The molecule has 2 rings (SSSR count). The van der Waals surface area contributed by atoms with Gasteiger partial charge in [-0.1, -0.05) is 30.2 Å². The molecule has 2 aromatic rings. The van der Waals surface area contributed by atoms with Gasteiger partial charge in [-0.2, -0.15) is 0 Å². The average molecular weight is 323 g/mol. The predicted octanol–water partition coefficient (Wildman–Crippen LogP) is 3.75. The number of benzene rings is 1. The molecule has 0 spiro atoms. The van der Waals surface area contributed by atoms with E-state index < -0.39 is 0 Å². The number of anilines is 2. The first kappa shape index (κ1) is 16.5. The van der Waals surface area contributed by atoms with E-state index in [4.69, 9.17) is 6.42 Å². The fourth-order valence-corrected chi connectivity index (χ4v) is 2.48. The standard InChI is InChI=1S/C18H17N3OS/c1-3-5-9-14(4-2)12-19-17(22)16-13-23-18(21-16)20-15-10-7-6-8-11-15/h1,4-11,13H,12H2,2H3,(H,19,22)(H,20,21)/b9-5-,14-4+. The Morgan fingerprint density at radius 2 is 2.17 bits per heavy atom. The van der Waals surface area contributed by atoms with E-state index in [1.807, 2.05) is 43.3 Å². The highest BCUT2D eigenvalue weighted by Gasteiger charge is 2.10. The molecule has 0 unspecified atom stereocenters. The lowest BCUT2D eigenvalue weighted by molar-refractivity contribution is 0.0953. The molecule has 0 atom stereocenters. The van der Waals surface area contributed by atoms with Gasteiger partial charge in [-0.05, 0) is 36.8 Å². The van der Waals surface area contributed by atoms with Crippen LogP contribution in [-0.4, -0.2) is 17.4 Å². The van der Waals surface area contributed by atoms with E-state index in [0.717, 1.165) is 11.3 Å². The van der Waals surface area contributed by atoms with Crippen molar-refractivity contribution in [2.24, 2.45) is 0 Å². The molecule has 1 heterocycles. The van der Waals surface area contributed by atoms with E-state index >= 15 is 0 Å². The SMILES string of the molecule is C#C/C=C\C(=C/C)CNC(=O)c1csc(Nc2ccccc2)n1. The molecule has 0 aliphatic rings. The maximum atomic E-state index is 12.1. The summed E-state index contributed by atoms with van der Waals surface area (Å²) in [5, 5.41) is 8.40. The number of para-hydroxylation sites is 1. The summed E-state index contributed by atoms with van der Waals surface area (Å²) in [6.07, 6.45) is 10.5. The van der Waals surface area contributed by atoms with Crippen molar-refractivity contribution in [2.75, 3.05) is 11.9 Å². The van der Waals surface area contributed by atoms with E-state index in [1.165, 1.54) is 11.3 Å². The minimum atomic E-state index is -0.212. The zero-order chi connectivity index (χ0) is 16.5. The van der Waals surface area contributed by atoms with Gasteiger partial charge in [0.05, 0.1) is 0 Å². The number of hydrogen-bond acceptors (Lipinski definition) is 4. The Balaban J connectivity index is 1.93. The number of rotatable bonds is 6. The Hall–Kier alpha value is -2.84. The normalized spacial score (nSPS) is 11.2. The maximum absolute atomic E-state index is 12.1. The fraction of sp³-hybridized carbons (Fsp3) is 0.111. The topological polar surface area (TPSA) is 54.0 Å². The second-order valence-electron chi connectivity index (χ2n) is 4.58. The van der Waals surface area contributed by atoms with Crippen molar-refractivity contribution in [3.05, 3.63) is 65.2 Å². The number of allylic oxidation sites excluding steroid dienone is 2. The van der Waals surface area contributed by atoms with Gasteiger partial charge in [-0.25, -0.2) is 4.98 Å². The van der Waals surface area contributed by atoms with Gasteiger partial charge in [0.1, 0.15) is 5.69 Å².